The summed E-state index contributed by atoms with van der Waals surface area (Å²) in [6, 6.07) is 0. The molecule has 2 unspecified atom stereocenters. The molecule has 5 heteroatoms. The van der Waals surface area contributed by atoms with Gasteiger partial charge >= 0.3 is 0 Å². The molecular formula is C14H24N4O. The number of nitrogens with one attached hydrogen (secondary N) is 2. The number of hydrogen-bond acceptors (Lipinski definition) is 3. The lowest BCUT2D eigenvalue weighted by Crippen LogP contribution is -2.42. The van der Waals surface area contributed by atoms with Gasteiger partial charge in [0, 0.05) is 19.3 Å². The second kappa shape index (κ2) is 5.74. The van der Waals surface area contributed by atoms with Crippen molar-refractivity contribution in [2.75, 3.05) is 19.6 Å². The van der Waals surface area contributed by atoms with Crippen LogP contribution in [0.5, 0.6) is 0 Å². The summed E-state index contributed by atoms with van der Waals surface area (Å²) in [7, 11) is 1.87. The third-order valence-corrected chi connectivity index (χ3v) is 4.25. The monoisotopic (exact) mass is 264 g/mol. The summed E-state index contributed by atoms with van der Waals surface area (Å²) in [5.41, 5.74) is 2.44. The Morgan fingerprint density at radius 3 is 2.84 bits per heavy atom. The molecule has 0 saturated carbocycles. The van der Waals surface area contributed by atoms with Gasteiger partial charge in [0.15, 0.2) is 0 Å². The molecule has 0 spiro atoms. The summed E-state index contributed by atoms with van der Waals surface area (Å²) >= 11 is 0. The summed E-state index contributed by atoms with van der Waals surface area (Å²) in [5, 5.41) is 10.7. The Bertz CT molecular complexity index is 466. The lowest BCUT2D eigenvalue weighted by molar-refractivity contribution is 0.0937. The molecule has 2 N–H and O–H groups in total. The average molecular weight is 264 g/mol. The van der Waals surface area contributed by atoms with Gasteiger partial charge in [-0.2, -0.15) is 5.10 Å². The lowest BCUT2D eigenvalue weighted by Gasteiger charge is -2.29. The van der Waals surface area contributed by atoms with E-state index in [1.54, 1.807) is 4.68 Å². The first-order valence-corrected chi connectivity index (χ1v) is 6.99. The summed E-state index contributed by atoms with van der Waals surface area (Å²) in [5.74, 6) is 1.19. The van der Waals surface area contributed by atoms with Gasteiger partial charge in [0.25, 0.3) is 5.91 Å². The molecule has 0 aliphatic carbocycles. The molecule has 2 atom stereocenters. The summed E-state index contributed by atoms with van der Waals surface area (Å²) in [4.78, 5) is 12.3. The minimum atomic E-state index is 0.000809. The molecule has 2 heterocycles. The van der Waals surface area contributed by atoms with Gasteiger partial charge in [-0.05, 0) is 45.2 Å². The molecular weight excluding hydrogens is 240 g/mol. The minimum Gasteiger partial charge on any atom is -0.352 e. The van der Waals surface area contributed by atoms with Crippen molar-refractivity contribution in [3.05, 3.63) is 17.0 Å². The van der Waals surface area contributed by atoms with E-state index in [0.717, 1.165) is 36.6 Å². The maximum atomic E-state index is 12.3. The van der Waals surface area contributed by atoms with Gasteiger partial charge in [-0.1, -0.05) is 6.92 Å². The zero-order valence-electron chi connectivity index (χ0n) is 12.3. The third kappa shape index (κ3) is 2.97. The highest BCUT2D eigenvalue weighted by Gasteiger charge is 2.23. The van der Waals surface area contributed by atoms with Crippen molar-refractivity contribution >= 4 is 5.91 Å². The molecule has 1 aliphatic rings. The van der Waals surface area contributed by atoms with Crippen LogP contribution in [0.1, 0.15) is 35.1 Å². The molecule has 2 rings (SSSR count). The topological polar surface area (TPSA) is 59.0 Å². The van der Waals surface area contributed by atoms with E-state index in [9.17, 15) is 4.79 Å². The number of piperidine rings is 1. The Morgan fingerprint density at radius 2 is 2.26 bits per heavy atom. The lowest BCUT2D eigenvalue weighted by atomic mass is 9.88. The first kappa shape index (κ1) is 14.1. The summed E-state index contributed by atoms with van der Waals surface area (Å²) < 4.78 is 1.76. The highest BCUT2D eigenvalue weighted by molar-refractivity contribution is 5.96. The van der Waals surface area contributed by atoms with Crippen LogP contribution in [0.15, 0.2) is 0 Å². The molecule has 19 heavy (non-hydrogen) atoms. The molecule has 1 aromatic heterocycles. The summed E-state index contributed by atoms with van der Waals surface area (Å²) in [6.07, 6.45) is 1.19. The van der Waals surface area contributed by atoms with Crippen LogP contribution in [0.4, 0.5) is 0 Å². The third-order valence-electron chi connectivity index (χ3n) is 4.25. The van der Waals surface area contributed by atoms with Gasteiger partial charge in [-0.25, -0.2) is 0 Å². The Kier molecular flexibility index (Phi) is 4.24. The van der Waals surface area contributed by atoms with Crippen LogP contribution in [0.3, 0.4) is 0 Å². The fourth-order valence-corrected chi connectivity index (χ4v) is 2.74. The van der Waals surface area contributed by atoms with E-state index in [0.29, 0.717) is 11.8 Å². The van der Waals surface area contributed by atoms with Gasteiger partial charge < -0.3 is 10.6 Å². The fourth-order valence-electron chi connectivity index (χ4n) is 2.74. The molecule has 1 saturated heterocycles. The molecule has 0 aromatic carbocycles. The van der Waals surface area contributed by atoms with E-state index < -0.39 is 0 Å². The average Bonchev–Trinajstić information content (AvgIpc) is 2.62. The number of carbonyl (C=O) groups is 1. The zero-order chi connectivity index (χ0) is 14.0. The maximum absolute atomic E-state index is 12.3. The van der Waals surface area contributed by atoms with Crippen molar-refractivity contribution in [1.29, 1.82) is 0 Å². The van der Waals surface area contributed by atoms with Crippen molar-refractivity contribution in [2.45, 2.75) is 27.2 Å². The molecule has 0 radical (unpaired) electrons. The maximum Gasteiger partial charge on any atom is 0.255 e. The number of carbonyl (C=O) groups excluding carboxylic acids is 1. The zero-order valence-corrected chi connectivity index (χ0v) is 12.3. The van der Waals surface area contributed by atoms with Crippen molar-refractivity contribution in [3.63, 3.8) is 0 Å². The molecule has 1 fully saturated rings. The standard InChI is InChI=1S/C14H24N4O/c1-9-5-6-15-7-12(9)8-16-14(19)13-10(2)17-18(4)11(13)3/h9,12,15H,5-8H2,1-4H3,(H,16,19). The van der Waals surface area contributed by atoms with Gasteiger partial charge in [0.05, 0.1) is 11.3 Å². The predicted octanol–water partition coefficient (Wildman–Crippen LogP) is 1.01. The van der Waals surface area contributed by atoms with Crippen LogP contribution >= 0.6 is 0 Å². The fraction of sp³-hybridized carbons (Fsp3) is 0.714. The van der Waals surface area contributed by atoms with Crippen molar-refractivity contribution < 1.29 is 4.79 Å². The Hall–Kier alpha value is -1.36. The molecule has 0 bridgehead atoms. The Morgan fingerprint density at radius 1 is 1.53 bits per heavy atom. The predicted molar refractivity (Wildman–Crippen MR) is 75.2 cm³/mol. The molecule has 106 valence electrons. The van der Waals surface area contributed by atoms with Crippen LogP contribution in [-0.2, 0) is 7.05 Å². The number of aryl methyl sites for hydroxylation is 2. The second-order valence-electron chi connectivity index (χ2n) is 5.61. The Balaban J connectivity index is 1.97. The van der Waals surface area contributed by atoms with Crippen LogP contribution < -0.4 is 10.6 Å². The van der Waals surface area contributed by atoms with Crippen molar-refractivity contribution in [2.24, 2.45) is 18.9 Å². The largest absolute Gasteiger partial charge is 0.352 e. The van der Waals surface area contributed by atoms with E-state index in [-0.39, 0.29) is 5.91 Å². The normalized spacial score (nSPS) is 23.4. The molecule has 1 aliphatic heterocycles. The van der Waals surface area contributed by atoms with Gasteiger partial charge in [0.1, 0.15) is 0 Å². The van der Waals surface area contributed by atoms with E-state index in [1.807, 2.05) is 20.9 Å². The first-order chi connectivity index (χ1) is 9.00. The summed E-state index contributed by atoms with van der Waals surface area (Å²) in [6.45, 7) is 8.89. The van der Waals surface area contributed by atoms with Gasteiger partial charge in [0.2, 0.25) is 0 Å². The minimum absolute atomic E-state index is 0.000809. The van der Waals surface area contributed by atoms with Crippen molar-refractivity contribution in [1.82, 2.24) is 20.4 Å². The molecule has 1 aromatic rings. The van der Waals surface area contributed by atoms with Gasteiger partial charge in [-0.3, -0.25) is 9.48 Å². The van der Waals surface area contributed by atoms with Gasteiger partial charge in [-0.15, -0.1) is 0 Å². The van der Waals surface area contributed by atoms with E-state index in [1.165, 1.54) is 6.42 Å². The van der Waals surface area contributed by atoms with Crippen LogP contribution in [0.25, 0.3) is 0 Å². The second-order valence-corrected chi connectivity index (χ2v) is 5.61. The SMILES string of the molecule is Cc1nn(C)c(C)c1C(=O)NCC1CNCCC1C. The van der Waals surface area contributed by atoms with Crippen LogP contribution in [0.2, 0.25) is 0 Å². The number of aromatic nitrogens is 2. The highest BCUT2D eigenvalue weighted by atomic mass is 16.1. The highest BCUT2D eigenvalue weighted by Crippen LogP contribution is 2.18. The van der Waals surface area contributed by atoms with E-state index in [4.69, 9.17) is 0 Å². The number of hydrogen-bond donors (Lipinski definition) is 2. The first-order valence-electron chi connectivity index (χ1n) is 6.99. The smallest absolute Gasteiger partial charge is 0.255 e. The van der Waals surface area contributed by atoms with Crippen molar-refractivity contribution in [3.8, 4) is 0 Å². The van der Waals surface area contributed by atoms with Crippen LogP contribution in [-0.4, -0.2) is 35.3 Å². The Labute approximate surface area is 114 Å². The molecule has 1 amide bonds. The van der Waals surface area contributed by atoms with E-state index >= 15 is 0 Å². The van der Waals surface area contributed by atoms with E-state index in [2.05, 4.69) is 22.7 Å². The number of nitrogens with zero attached hydrogens (tertiary/aromatic N) is 2. The van der Waals surface area contributed by atoms with Crippen LogP contribution in [0, 0.1) is 25.7 Å². The number of amides is 1. The quantitative estimate of drug-likeness (QED) is 0.856. The number of rotatable bonds is 3. The molecule has 5 nitrogen and oxygen atoms in total.